The lowest BCUT2D eigenvalue weighted by Crippen LogP contribution is -2.40. The van der Waals surface area contributed by atoms with Gasteiger partial charge in [0.15, 0.2) is 4.67 Å². The van der Waals surface area contributed by atoms with Crippen molar-refractivity contribution in [3.8, 4) is 0 Å². The standard InChI is InChI=1S/C12H17BrN2O/c13-12-4-3-10(16-12)7-15-6-9-2-1-5-14-11(9)8-15/h3-4,9,11,14H,1-2,5-8H2/t9-,11+/m0/s1. The van der Waals surface area contributed by atoms with E-state index in [1.54, 1.807) is 0 Å². The minimum Gasteiger partial charge on any atom is -0.453 e. The van der Waals surface area contributed by atoms with Gasteiger partial charge >= 0.3 is 0 Å². The molecule has 88 valence electrons. The first-order valence-corrected chi connectivity index (χ1v) is 6.80. The molecule has 16 heavy (non-hydrogen) atoms. The van der Waals surface area contributed by atoms with E-state index in [9.17, 15) is 0 Å². The summed E-state index contributed by atoms with van der Waals surface area (Å²) < 4.78 is 6.38. The number of nitrogens with one attached hydrogen (secondary N) is 1. The van der Waals surface area contributed by atoms with Crippen LogP contribution in [0.15, 0.2) is 21.2 Å². The smallest absolute Gasteiger partial charge is 0.169 e. The van der Waals surface area contributed by atoms with E-state index in [2.05, 4.69) is 32.2 Å². The maximum absolute atomic E-state index is 5.55. The van der Waals surface area contributed by atoms with Crippen LogP contribution in [-0.4, -0.2) is 30.6 Å². The van der Waals surface area contributed by atoms with Crippen LogP contribution in [0.5, 0.6) is 0 Å². The van der Waals surface area contributed by atoms with Gasteiger partial charge in [-0.05, 0) is 53.4 Å². The van der Waals surface area contributed by atoms with Crippen molar-refractivity contribution in [3.05, 3.63) is 22.6 Å². The Labute approximate surface area is 104 Å². The Kier molecular flexibility index (Phi) is 3.05. The molecule has 3 rings (SSSR count). The summed E-state index contributed by atoms with van der Waals surface area (Å²) in [6.45, 7) is 4.53. The number of hydrogen-bond acceptors (Lipinski definition) is 3. The summed E-state index contributed by atoms with van der Waals surface area (Å²) in [5.74, 6) is 1.91. The second-order valence-corrected chi connectivity index (χ2v) is 5.64. The van der Waals surface area contributed by atoms with Crippen LogP contribution >= 0.6 is 15.9 Å². The maximum atomic E-state index is 5.55. The highest BCUT2D eigenvalue weighted by Crippen LogP contribution is 2.26. The van der Waals surface area contributed by atoms with E-state index in [1.807, 2.05) is 6.07 Å². The van der Waals surface area contributed by atoms with Crippen LogP contribution in [0.2, 0.25) is 0 Å². The molecule has 0 aliphatic carbocycles. The number of rotatable bonds is 2. The van der Waals surface area contributed by atoms with Gasteiger partial charge in [-0.1, -0.05) is 0 Å². The first kappa shape index (κ1) is 10.8. The number of fused-ring (bicyclic) bond motifs is 1. The highest BCUT2D eigenvalue weighted by molar-refractivity contribution is 9.10. The normalized spacial score (nSPS) is 30.6. The molecular formula is C12H17BrN2O. The predicted octanol–water partition coefficient (Wildman–Crippen LogP) is 2.23. The first-order valence-electron chi connectivity index (χ1n) is 6.01. The number of halogens is 1. The Balaban J connectivity index is 1.61. The molecule has 0 bridgehead atoms. The van der Waals surface area contributed by atoms with Gasteiger partial charge in [0.05, 0.1) is 6.54 Å². The van der Waals surface area contributed by atoms with Gasteiger partial charge < -0.3 is 9.73 Å². The Morgan fingerprint density at radius 2 is 2.38 bits per heavy atom. The topological polar surface area (TPSA) is 28.4 Å². The summed E-state index contributed by atoms with van der Waals surface area (Å²) in [6, 6.07) is 4.74. The molecule has 0 amide bonds. The molecule has 3 heterocycles. The van der Waals surface area contributed by atoms with Gasteiger partial charge in [0.1, 0.15) is 5.76 Å². The predicted molar refractivity (Wildman–Crippen MR) is 66.2 cm³/mol. The minimum atomic E-state index is 0.715. The van der Waals surface area contributed by atoms with E-state index >= 15 is 0 Å². The summed E-state index contributed by atoms with van der Waals surface area (Å²) in [4.78, 5) is 2.50. The van der Waals surface area contributed by atoms with Gasteiger partial charge in [-0.3, -0.25) is 4.90 Å². The lowest BCUT2D eigenvalue weighted by atomic mass is 9.94. The first-order chi connectivity index (χ1) is 7.81. The van der Waals surface area contributed by atoms with Gasteiger partial charge in [-0.25, -0.2) is 0 Å². The molecule has 2 aliphatic rings. The molecule has 2 saturated heterocycles. The zero-order valence-electron chi connectivity index (χ0n) is 9.29. The van der Waals surface area contributed by atoms with Gasteiger partial charge in [0.25, 0.3) is 0 Å². The summed E-state index contributed by atoms with van der Waals surface area (Å²) >= 11 is 3.35. The number of furan rings is 1. The van der Waals surface area contributed by atoms with Gasteiger partial charge in [0.2, 0.25) is 0 Å². The number of piperidine rings is 1. The Morgan fingerprint density at radius 1 is 1.44 bits per heavy atom. The lowest BCUT2D eigenvalue weighted by molar-refractivity contribution is 0.282. The third-order valence-corrected chi connectivity index (χ3v) is 4.11. The fourth-order valence-electron chi connectivity index (χ4n) is 2.92. The van der Waals surface area contributed by atoms with E-state index in [0.29, 0.717) is 6.04 Å². The second-order valence-electron chi connectivity index (χ2n) is 4.86. The van der Waals surface area contributed by atoms with Crippen molar-refractivity contribution in [1.29, 1.82) is 0 Å². The largest absolute Gasteiger partial charge is 0.453 e. The highest BCUT2D eigenvalue weighted by Gasteiger charge is 2.34. The molecule has 0 aromatic carbocycles. The molecule has 2 fully saturated rings. The fourth-order valence-corrected chi connectivity index (χ4v) is 3.26. The molecule has 0 saturated carbocycles. The van der Waals surface area contributed by atoms with Crippen LogP contribution in [0.3, 0.4) is 0 Å². The molecule has 1 aromatic rings. The van der Waals surface area contributed by atoms with Crippen LogP contribution in [0.25, 0.3) is 0 Å². The number of likely N-dealkylation sites (tertiary alicyclic amines) is 1. The van der Waals surface area contributed by atoms with Gasteiger partial charge in [-0.15, -0.1) is 0 Å². The molecule has 1 aromatic heterocycles. The Morgan fingerprint density at radius 3 is 3.12 bits per heavy atom. The van der Waals surface area contributed by atoms with Crippen LogP contribution in [0.1, 0.15) is 18.6 Å². The average Bonchev–Trinajstić information content (AvgIpc) is 2.84. The molecule has 2 atom stereocenters. The molecule has 4 heteroatoms. The van der Waals surface area contributed by atoms with Gasteiger partial charge in [-0.2, -0.15) is 0 Å². The maximum Gasteiger partial charge on any atom is 0.169 e. The zero-order valence-corrected chi connectivity index (χ0v) is 10.9. The zero-order chi connectivity index (χ0) is 11.0. The molecule has 3 nitrogen and oxygen atoms in total. The molecule has 0 radical (unpaired) electrons. The van der Waals surface area contributed by atoms with Crippen LogP contribution in [0.4, 0.5) is 0 Å². The summed E-state index contributed by atoms with van der Waals surface area (Å²) in [6.07, 6.45) is 2.72. The van der Waals surface area contributed by atoms with Crippen LogP contribution < -0.4 is 5.32 Å². The lowest BCUT2D eigenvalue weighted by Gasteiger charge is -2.24. The molecule has 0 spiro atoms. The fraction of sp³-hybridized carbons (Fsp3) is 0.667. The van der Waals surface area contributed by atoms with E-state index < -0.39 is 0 Å². The molecule has 2 aliphatic heterocycles. The van der Waals surface area contributed by atoms with E-state index in [4.69, 9.17) is 4.42 Å². The van der Waals surface area contributed by atoms with Crippen molar-refractivity contribution >= 4 is 15.9 Å². The summed E-state index contributed by atoms with van der Waals surface area (Å²) in [5, 5.41) is 3.62. The Bertz CT molecular complexity index is 352. The minimum absolute atomic E-state index is 0.715. The van der Waals surface area contributed by atoms with Gasteiger partial charge in [0, 0.05) is 19.1 Å². The third kappa shape index (κ3) is 2.19. The van der Waals surface area contributed by atoms with E-state index in [0.717, 1.165) is 22.9 Å². The summed E-state index contributed by atoms with van der Waals surface area (Å²) in [5.41, 5.74) is 0. The highest BCUT2D eigenvalue weighted by atomic mass is 79.9. The SMILES string of the molecule is Brc1ccc(CN2C[C@@H]3CCCN[C@@H]3C2)o1. The number of nitrogens with zero attached hydrogens (tertiary/aromatic N) is 1. The van der Waals surface area contributed by atoms with E-state index in [-0.39, 0.29) is 0 Å². The van der Waals surface area contributed by atoms with Crippen molar-refractivity contribution in [2.24, 2.45) is 5.92 Å². The second kappa shape index (κ2) is 4.51. The van der Waals surface area contributed by atoms with Crippen molar-refractivity contribution in [3.63, 3.8) is 0 Å². The molecule has 0 unspecified atom stereocenters. The molecule has 1 N–H and O–H groups in total. The van der Waals surface area contributed by atoms with Crippen LogP contribution in [-0.2, 0) is 6.54 Å². The third-order valence-electron chi connectivity index (χ3n) is 3.68. The quantitative estimate of drug-likeness (QED) is 0.903. The number of hydrogen-bond donors (Lipinski definition) is 1. The monoisotopic (exact) mass is 284 g/mol. The van der Waals surface area contributed by atoms with E-state index in [1.165, 1.54) is 32.5 Å². The van der Waals surface area contributed by atoms with Crippen LogP contribution in [0, 0.1) is 5.92 Å². The summed E-state index contributed by atoms with van der Waals surface area (Å²) in [7, 11) is 0. The molecular weight excluding hydrogens is 268 g/mol. The van der Waals surface area contributed by atoms with Crippen molar-refractivity contribution in [2.75, 3.05) is 19.6 Å². The Hall–Kier alpha value is -0.320. The van der Waals surface area contributed by atoms with Crippen molar-refractivity contribution in [1.82, 2.24) is 10.2 Å². The average molecular weight is 285 g/mol. The van der Waals surface area contributed by atoms with Crippen molar-refractivity contribution < 1.29 is 4.42 Å². The van der Waals surface area contributed by atoms with Crippen molar-refractivity contribution in [2.45, 2.75) is 25.4 Å².